The van der Waals surface area contributed by atoms with Gasteiger partial charge in [-0.25, -0.2) is 14.6 Å². The number of carbonyl (C=O) groups excluding carboxylic acids is 3. The molecule has 2 heterocycles. The number of imide groups is 1. The van der Waals surface area contributed by atoms with Gasteiger partial charge in [0.25, 0.3) is 11.5 Å². The summed E-state index contributed by atoms with van der Waals surface area (Å²) >= 11 is 0. The Balaban J connectivity index is 2.20. The van der Waals surface area contributed by atoms with Gasteiger partial charge in [-0.2, -0.15) is 0 Å². The van der Waals surface area contributed by atoms with Gasteiger partial charge in [-0.05, 0) is 6.92 Å². The molecule has 1 unspecified atom stereocenters. The van der Waals surface area contributed by atoms with Crippen LogP contribution in [-0.2, 0) is 35.0 Å². The molecule has 0 aromatic carbocycles. The van der Waals surface area contributed by atoms with Crippen molar-refractivity contribution in [1.29, 1.82) is 0 Å². The summed E-state index contributed by atoms with van der Waals surface area (Å²) in [4.78, 5) is 62.9. The first-order valence-electron chi connectivity index (χ1n) is 7.50. The Labute approximate surface area is 146 Å². The molecular formula is C14H18N6O6. The minimum absolute atomic E-state index is 0.0500. The number of amides is 3. The van der Waals surface area contributed by atoms with Gasteiger partial charge < -0.3 is 14.6 Å². The number of rotatable bonds is 4. The summed E-state index contributed by atoms with van der Waals surface area (Å²) in [7, 11) is 4.09. The summed E-state index contributed by atoms with van der Waals surface area (Å²) < 4.78 is 8.24. The highest BCUT2D eigenvalue weighted by atomic mass is 16.5. The molecule has 26 heavy (non-hydrogen) atoms. The molecule has 0 saturated carbocycles. The predicted octanol–water partition coefficient (Wildman–Crippen LogP) is -2.18. The highest BCUT2D eigenvalue weighted by Crippen LogP contribution is 2.06. The number of esters is 1. The van der Waals surface area contributed by atoms with Crippen molar-refractivity contribution in [2.75, 3.05) is 7.05 Å². The zero-order valence-electron chi connectivity index (χ0n) is 14.6. The van der Waals surface area contributed by atoms with Crippen molar-refractivity contribution in [2.24, 2.45) is 14.1 Å². The Morgan fingerprint density at radius 3 is 2.50 bits per heavy atom. The molecule has 0 saturated heterocycles. The number of nitrogens with one attached hydrogen (secondary N) is 2. The molecule has 0 fully saturated rings. The van der Waals surface area contributed by atoms with Gasteiger partial charge in [0.05, 0.1) is 6.33 Å². The van der Waals surface area contributed by atoms with E-state index in [0.29, 0.717) is 0 Å². The number of carbonyl (C=O) groups is 3. The van der Waals surface area contributed by atoms with Gasteiger partial charge in [-0.1, -0.05) is 0 Å². The second-order valence-electron chi connectivity index (χ2n) is 5.45. The molecule has 0 radical (unpaired) electrons. The first kappa shape index (κ1) is 18.9. The van der Waals surface area contributed by atoms with Crippen LogP contribution in [0.3, 0.4) is 0 Å². The Morgan fingerprint density at radius 1 is 1.23 bits per heavy atom. The Bertz CT molecular complexity index is 1000. The summed E-state index contributed by atoms with van der Waals surface area (Å²) in [6, 6.07) is -0.733. The third-order valence-corrected chi connectivity index (χ3v) is 3.66. The van der Waals surface area contributed by atoms with E-state index in [1.807, 2.05) is 5.32 Å². The molecule has 12 heteroatoms. The second-order valence-corrected chi connectivity index (χ2v) is 5.45. The quantitative estimate of drug-likeness (QED) is 0.585. The lowest BCUT2D eigenvalue weighted by molar-refractivity contribution is -0.155. The summed E-state index contributed by atoms with van der Waals surface area (Å²) in [6.07, 6.45) is 0.00366. The van der Waals surface area contributed by atoms with Gasteiger partial charge in [0.15, 0.2) is 17.3 Å². The number of ether oxygens (including phenoxy) is 1. The molecule has 12 nitrogen and oxygen atoms in total. The number of aryl methyl sites for hydroxylation is 1. The van der Waals surface area contributed by atoms with Crippen molar-refractivity contribution in [3.05, 3.63) is 27.2 Å². The molecule has 1 atom stereocenters. The van der Waals surface area contributed by atoms with Crippen LogP contribution < -0.4 is 21.9 Å². The molecule has 2 rings (SSSR count). The largest absolute Gasteiger partial charge is 0.451 e. The molecule has 2 aromatic heterocycles. The first-order chi connectivity index (χ1) is 12.2. The number of fused-ring (bicyclic) bond motifs is 1. The van der Waals surface area contributed by atoms with E-state index in [9.17, 15) is 24.0 Å². The van der Waals surface area contributed by atoms with Crippen molar-refractivity contribution >= 4 is 29.1 Å². The molecule has 0 aliphatic rings. The molecule has 2 N–H and O–H groups in total. The van der Waals surface area contributed by atoms with Gasteiger partial charge in [-0.15, -0.1) is 0 Å². The van der Waals surface area contributed by atoms with Crippen LogP contribution >= 0.6 is 0 Å². The lowest BCUT2D eigenvalue weighted by Gasteiger charge is -2.13. The number of hydrogen-bond donors (Lipinski definition) is 2. The van der Waals surface area contributed by atoms with Crippen LogP contribution in [0.5, 0.6) is 0 Å². The standard InChI is InChI=1S/C14H18N6O6/c1-7(11(22)17-13(24)15-2)26-8(21)5-20-6-16-10-9(20)12(23)19(4)14(25)18(10)3/h6-7H,5H2,1-4H3,(H2,15,17,22,24). The maximum absolute atomic E-state index is 12.3. The number of aromatic nitrogens is 4. The van der Waals surface area contributed by atoms with Gasteiger partial charge in [0, 0.05) is 21.1 Å². The fraction of sp³-hybridized carbons (Fsp3) is 0.429. The van der Waals surface area contributed by atoms with Crippen LogP contribution in [0.1, 0.15) is 6.92 Å². The topological polar surface area (TPSA) is 146 Å². The van der Waals surface area contributed by atoms with Gasteiger partial charge in [0.1, 0.15) is 6.54 Å². The SMILES string of the molecule is CNC(=O)NC(=O)C(C)OC(=O)Cn1cnc2c1c(=O)n(C)c(=O)n2C. The average Bonchev–Trinajstić information content (AvgIpc) is 3.01. The minimum atomic E-state index is -1.22. The molecule has 0 bridgehead atoms. The average molecular weight is 366 g/mol. The lowest BCUT2D eigenvalue weighted by Crippen LogP contribution is -2.43. The van der Waals surface area contributed by atoms with Crippen molar-refractivity contribution in [2.45, 2.75) is 19.6 Å². The Kier molecular flexibility index (Phi) is 5.24. The third-order valence-electron chi connectivity index (χ3n) is 3.66. The van der Waals surface area contributed by atoms with E-state index in [2.05, 4.69) is 10.3 Å². The van der Waals surface area contributed by atoms with Crippen LogP contribution in [0.4, 0.5) is 4.79 Å². The van der Waals surface area contributed by atoms with E-state index in [4.69, 9.17) is 4.74 Å². The minimum Gasteiger partial charge on any atom is -0.451 e. The predicted molar refractivity (Wildman–Crippen MR) is 88.4 cm³/mol. The van der Waals surface area contributed by atoms with Gasteiger partial charge >= 0.3 is 17.7 Å². The van der Waals surface area contributed by atoms with E-state index >= 15 is 0 Å². The van der Waals surface area contributed by atoms with Crippen LogP contribution in [0, 0.1) is 0 Å². The summed E-state index contributed by atoms with van der Waals surface area (Å²) in [5, 5.41) is 4.17. The van der Waals surface area contributed by atoms with Crippen LogP contribution in [0.15, 0.2) is 15.9 Å². The van der Waals surface area contributed by atoms with Crippen molar-refractivity contribution in [3.63, 3.8) is 0 Å². The normalized spacial score (nSPS) is 11.8. The Morgan fingerprint density at radius 2 is 1.88 bits per heavy atom. The van der Waals surface area contributed by atoms with E-state index in [1.54, 1.807) is 0 Å². The smallest absolute Gasteiger partial charge is 0.332 e. The maximum Gasteiger partial charge on any atom is 0.332 e. The van der Waals surface area contributed by atoms with Crippen LogP contribution in [0.25, 0.3) is 11.2 Å². The zero-order chi connectivity index (χ0) is 19.6. The highest BCUT2D eigenvalue weighted by Gasteiger charge is 2.21. The fourth-order valence-electron chi connectivity index (χ4n) is 2.22. The molecule has 0 aliphatic carbocycles. The summed E-state index contributed by atoms with van der Waals surface area (Å²) in [5.41, 5.74) is -0.987. The molecule has 0 aliphatic heterocycles. The third kappa shape index (κ3) is 3.48. The second kappa shape index (κ2) is 7.21. The van der Waals surface area contributed by atoms with Gasteiger partial charge in [0.2, 0.25) is 0 Å². The fourth-order valence-corrected chi connectivity index (χ4v) is 2.22. The monoisotopic (exact) mass is 366 g/mol. The van der Waals surface area contributed by atoms with E-state index in [-0.39, 0.29) is 11.2 Å². The summed E-state index contributed by atoms with van der Waals surface area (Å²) in [6.45, 7) is 0.895. The summed E-state index contributed by atoms with van der Waals surface area (Å²) in [5.74, 6) is -1.62. The zero-order valence-corrected chi connectivity index (χ0v) is 14.6. The Hall–Kier alpha value is -3.44. The first-order valence-corrected chi connectivity index (χ1v) is 7.50. The molecule has 2 aromatic rings. The molecular weight excluding hydrogens is 348 g/mol. The number of imidazole rings is 1. The maximum atomic E-state index is 12.3. The molecule has 3 amide bonds. The van der Waals surface area contributed by atoms with E-state index in [0.717, 1.165) is 4.57 Å². The number of hydrogen-bond acceptors (Lipinski definition) is 7. The highest BCUT2D eigenvalue weighted by molar-refractivity contribution is 5.97. The lowest BCUT2D eigenvalue weighted by atomic mass is 10.4. The number of nitrogens with zero attached hydrogens (tertiary/aromatic N) is 4. The van der Waals surface area contributed by atoms with Gasteiger partial charge in [-0.3, -0.25) is 28.8 Å². The van der Waals surface area contributed by atoms with Crippen molar-refractivity contribution < 1.29 is 19.1 Å². The van der Waals surface area contributed by atoms with Crippen LogP contribution in [0.2, 0.25) is 0 Å². The number of urea groups is 1. The molecule has 140 valence electrons. The van der Waals surface area contributed by atoms with E-state index < -0.39 is 41.8 Å². The van der Waals surface area contributed by atoms with Crippen LogP contribution in [-0.4, -0.2) is 49.7 Å². The van der Waals surface area contributed by atoms with Crippen molar-refractivity contribution in [3.8, 4) is 0 Å². The van der Waals surface area contributed by atoms with Crippen molar-refractivity contribution in [1.82, 2.24) is 29.3 Å². The van der Waals surface area contributed by atoms with E-state index in [1.165, 1.54) is 43.5 Å². The molecule has 0 spiro atoms.